The van der Waals surface area contributed by atoms with Crippen LogP contribution in [0, 0.1) is 0 Å². The van der Waals surface area contributed by atoms with Crippen molar-refractivity contribution in [1.29, 1.82) is 0 Å². The van der Waals surface area contributed by atoms with Gasteiger partial charge in [0.05, 0.1) is 0 Å². The maximum atomic E-state index is 2.42. The quantitative estimate of drug-likeness (QED) is 0.169. The smallest absolute Gasteiger partial charge is 0.00137 e. The van der Waals surface area contributed by atoms with Gasteiger partial charge in [0.2, 0.25) is 0 Å². The van der Waals surface area contributed by atoms with Crippen molar-refractivity contribution in [2.45, 2.75) is 0 Å². The first-order valence-corrected chi connectivity index (χ1v) is 17.3. The molecule has 10 aromatic carbocycles. The Kier molecular flexibility index (Phi) is 6.60. The predicted octanol–water partition coefficient (Wildman–Crippen LogP) is 14.1. The zero-order valence-corrected chi connectivity index (χ0v) is 27.5. The minimum absolute atomic E-state index is 1.22. The molecule has 0 aromatic heterocycles. The molecule has 0 saturated carbocycles. The molecular weight excluding hydrogens is 601 g/mol. The van der Waals surface area contributed by atoms with Gasteiger partial charge in [0, 0.05) is 0 Å². The number of benzene rings is 10. The highest BCUT2D eigenvalue weighted by Gasteiger charge is 2.17. The Hall–Kier alpha value is -6.50. The van der Waals surface area contributed by atoms with E-state index in [9.17, 15) is 0 Å². The van der Waals surface area contributed by atoms with Crippen LogP contribution >= 0.6 is 0 Å². The minimum Gasteiger partial charge on any atom is -0.0622 e. The first-order valence-electron chi connectivity index (χ1n) is 17.3. The lowest BCUT2D eigenvalue weighted by atomic mass is 9.85. The topological polar surface area (TPSA) is 0 Å². The molecule has 0 aliphatic rings. The fourth-order valence-electron chi connectivity index (χ4n) is 8.00. The molecule has 0 heterocycles. The molecule has 0 N–H and O–H groups in total. The third-order valence-corrected chi connectivity index (χ3v) is 10.5. The first kappa shape index (κ1) is 28.5. The Morgan fingerprint density at radius 3 is 0.800 bits per heavy atom. The number of hydrogen-bond acceptors (Lipinski definition) is 0. The maximum Gasteiger partial charge on any atom is -0.00137 e. The average Bonchev–Trinajstić information content (AvgIpc) is 3.21. The maximum absolute atomic E-state index is 2.42. The Morgan fingerprint density at radius 1 is 0.160 bits per heavy atom. The van der Waals surface area contributed by atoms with Gasteiger partial charge < -0.3 is 0 Å². The highest BCUT2D eigenvalue weighted by molar-refractivity contribution is 6.39. The monoisotopic (exact) mass is 632 g/mol. The second kappa shape index (κ2) is 11.6. The van der Waals surface area contributed by atoms with Gasteiger partial charge in [-0.05, 0) is 111 Å². The van der Waals surface area contributed by atoms with Crippen molar-refractivity contribution in [2.75, 3.05) is 0 Å². The van der Waals surface area contributed by atoms with E-state index < -0.39 is 0 Å². The standard InChI is InChI=1S/C50H32/c1-3-11-33(12-4-1)35-19-23-37(24-20-35)39-27-29-43-44-30-28-40(38-25-21-36(22-26-38)34-13-5-2-6-14-34)32-48(44)50-46-18-10-8-16-42(46)41-15-7-9-17-45(41)49(50)47(43)31-39/h1-32H. The lowest BCUT2D eigenvalue weighted by Crippen LogP contribution is -1.90. The van der Waals surface area contributed by atoms with Crippen molar-refractivity contribution < 1.29 is 0 Å². The van der Waals surface area contributed by atoms with E-state index >= 15 is 0 Å². The van der Waals surface area contributed by atoms with E-state index in [1.54, 1.807) is 0 Å². The predicted molar refractivity (Wildman–Crippen MR) is 216 cm³/mol. The Balaban J connectivity index is 1.23. The van der Waals surface area contributed by atoms with Crippen molar-refractivity contribution in [3.05, 3.63) is 194 Å². The summed E-state index contributed by atoms with van der Waals surface area (Å²) in [5, 5.41) is 13.0. The van der Waals surface area contributed by atoms with Gasteiger partial charge in [0.25, 0.3) is 0 Å². The molecule has 0 fully saturated rings. The molecule has 0 aliphatic carbocycles. The van der Waals surface area contributed by atoms with Gasteiger partial charge in [0.1, 0.15) is 0 Å². The van der Waals surface area contributed by atoms with Crippen LogP contribution in [0.3, 0.4) is 0 Å². The van der Waals surface area contributed by atoms with E-state index in [0.717, 1.165) is 0 Å². The van der Waals surface area contributed by atoms with E-state index in [1.165, 1.54) is 98.4 Å². The van der Waals surface area contributed by atoms with Gasteiger partial charge in [-0.25, -0.2) is 0 Å². The lowest BCUT2D eigenvalue weighted by Gasteiger charge is -2.18. The molecule has 0 radical (unpaired) electrons. The van der Waals surface area contributed by atoms with Crippen molar-refractivity contribution in [3.63, 3.8) is 0 Å². The summed E-state index contributed by atoms with van der Waals surface area (Å²) >= 11 is 0. The van der Waals surface area contributed by atoms with Crippen LogP contribution in [-0.2, 0) is 0 Å². The van der Waals surface area contributed by atoms with Gasteiger partial charge in [-0.3, -0.25) is 0 Å². The number of hydrogen-bond donors (Lipinski definition) is 0. The Bertz CT molecular complexity index is 2660. The van der Waals surface area contributed by atoms with Crippen LogP contribution in [0.25, 0.3) is 98.4 Å². The summed E-state index contributed by atoms with van der Waals surface area (Å²) < 4.78 is 0. The molecule has 0 amide bonds. The van der Waals surface area contributed by atoms with Crippen LogP contribution in [0.2, 0.25) is 0 Å². The third kappa shape index (κ3) is 4.61. The lowest BCUT2D eigenvalue weighted by molar-refractivity contribution is 1.60. The normalized spacial score (nSPS) is 11.6. The van der Waals surface area contributed by atoms with Crippen molar-refractivity contribution in [1.82, 2.24) is 0 Å². The summed E-state index contributed by atoms with van der Waals surface area (Å²) in [5.41, 5.74) is 9.83. The van der Waals surface area contributed by atoms with E-state index in [1.807, 2.05) is 0 Å². The van der Waals surface area contributed by atoms with Gasteiger partial charge >= 0.3 is 0 Å². The van der Waals surface area contributed by atoms with Crippen molar-refractivity contribution in [3.8, 4) is 44.5 Å². The van der Waals surface area contributed by atoms with Gasteiger partial charge in [-0.1, -0.05) is 182 Å². The minimum atomic E-state index is 1.22. The molecule has 0 spiro atoms. The number of fused-ring (bicyclic) bond motifs is 11. The van der Waals surface area contributed by atoms with Crippen LogP contribution in [-0.4, -0.2) is 0 Å². The van der Waals surface area contributed by atoms with Gasteiger partial charge in [0.15, 0.2) is 0 Å². The molecule has 0 unspecified atom stereocenters. The largest absolute Gasteiger partial charge is 0.0622 e. The van der Waals surface area contributed by atoms with Crippen LogP contribution in [0.5, 0.6) is 0 Å². The fourth-order valence-corrected chi connectivity index (χ4v) is 8.00. The average molecular weight is 633 g/mol. The molecule has 50 heavy (non-hydrogen) atoms. The zero-order valence-electron chi connectivity index (χ0n) is 27.5. The van der Waals surface area contributed by atoms with Crippen molar-refractivity contribution >= 4 is 53.9 Å². The van der Waals surface area contributed by atoms with E-state index in [0.29, 0.717) is 0 Å². The van der Waals surface area contributed by atoms with Crippen LogP contribution < -0.4 is 0 Å². The molecule has 0 aliphatic heterocycles. The van der Waals surface area contributed by atoms with Crippen molar-refractivity contribution in [2.24, 2.45) is 0 Å². The second-order valence-electron chi connectivity index (χ2n) is 13.2. The molecule has 0 heteroatoms. The first-order chi connectivity index (χ1) is 24.8. The molecule has 10 aromatic rings. The summed E-state index contributed by atoms with van der Waals surface area (Å²) in [7, 11) is 0. The Labute approximate surface area is 291 Å². The van der Waals surface area contributed by atoms with Crippen LogP contribution in [0.4, 0.5) is 0 Å². The van der Waals surface area contributed by atoms with Gasteiger partial charge in [-0.15, -0.1) is 0 Å². The van der Waals surface area contributed by atoms with Crippen LogP contribution in [0.1, 0.15) is 0 Å². The SMILES string of the molecule is c1ccc(-c2ccc(-c3ccc4c5ccc(-c6ccc(-c7ccccc7)cc6)cc5c5c6ccccc6c6ccccc6c5c4c3)cc2)cc1. The number of rotatable bonds is 4. The second-order valence-corrected chi connectivity index (χ2v) is 13.2. The van der Waals surface area contributed by atoms with Crippen LogP contribution in [0.15, 0.2) is 194 Å². The molecule has 10 rings (SSSR count). The highest BCUT2D eigenvalue weighted by Crippen LogP contribution is 2.45. The molecule has 0 saturated heterocycles. The molecule has 0 bridgehead atoms. The summed E-state index contributed by atoms with van der Waals surface area (Å²) in [4.78, 5) is 0. The summed E-state index contributed by atoms with van der Waals surface area (Å²) in [6.07, 6.45) is 0. The Morgan fingerprint density at radius 2 is 0.420 bits per heavy atom. The third-order valence-electron chi connectivity index (χ3n) is 10.5. The van der Waals surface area contributed by atoms with E-state index in [-0.39, 0.29) is 0 Å². The van der Waals surface area contributed by atoms with Gasteiger partial charge in [-0.2, -0.15) is 0 Å². The van der Waals surface area contributed by atoms with E-state index in [4.69, 9.17) is 0 Å². The summed E-state index contributed by atoms with van der Waals surface area (Å²) in [5.74, 6) is 0. The molecule has 0 nitrogen and oxygen atoms in total. The highest BCUT2D eigenvalue weighted by atomic mass is 14.2. The zero-order chi connectivity index (χ0) is 33.0. The molecular formula is C50H32. The van der Waals surface area contributed by atoms with E-state index in [2.05, 4.69) is 194 Å². The molecule has 0 atom stereocenters. The summed E-state index contributed by atoms with van der Waals surface area (Å²) in [6.45, 7) is 0. The summed E-state index contributed by atoms with van der Waals surface area (Å²) in [6, 6.07) is 71.2. The molecule has 232 valence electrons. The fraction of sp³-hybridized carbons (Fsp3) is 0.